The summed E-state index contributed by atoms with van der Waals surface area (Å²) < 4.78 is 6.88. The summed E-state index contributed by atoms with van der Waals surface area (Å²) in [4.78, 5) is 33.0. The first-order chi connectivity index (χ1) is 14.8. The van der Waals surface area contributed by atoms with Gasteiger partial charge in [0.1, 0.15) is 6.61 Å². The van der Waals surface area contributed by atoms with Crippen LogP contribution >= 0.6 is 0 Å². The molecule has 0 saturated carbocycles. The maximum absolute atomic E-state index is 13.4. The van der Waals surface area contributed by atoms with Crippen LogP contribution in [-0.2, 0) is 34.7 Å². The van der Waals surface area contributed by atoms with Gasteiger partial charge in [-0.2, -0.15) is 0 Å². The summed E-state index contributed by atoms with van der Waals surface area (Å²) in [6.07, 6.45) is 1.03. The number of hydrogen-bond acceptors (Lipinski definition) is 6. The first-order valence-electron chi connectivity index (χ1n) is 10.7. The lowest BCUT2D eigenvalue weighted by Crippen LogP contribution is -2.44. The predicted molar refractivity (Wildman–Crippen MR) is 116 cm³/mol. The Hall–Kier alpha value is -3.19. The van der Waals surface area contributed by atoms with Crippen molar-refractivity contribution >= 4 is 22.6 Å². The number of carbonyl (C=O) groups excluding carboxylic acids is 1. The third-order valence-electron chi connectivity index (χ3n) is 7.22. The molecule has 6 rings (SSSR count). The highest BCUT2D eigenvalue weighted by atomic mass is 16.6. The van der Waals surface area contributed by atoms with Gasteiger partial charge < -0.3 is 19.3 Å². The van der Waals surface area contributed by atoms with E-state index in [-0.39, 0.29) is 18.6 Å². The molecule has 31 heavy (non-hydrogen) atoms. The predicted octanol–water partition coefficient (Wildman–Crippen LogP) is 2.38. The van der Waals surface area contributed by atoms with E-state index >= 15 is 0 Å². The summed E-state index contributed by atoms with van der Waals surface area (Å²) in [5.74, 6) is -0.699. The van der Waals surface area contributed by atoms with E-state index in [4.69, 9.17) is 9.72 Å². The molecule has 0 fully saturated rings. The first-order valence-corrected chi connectivity index (χ1v) is 10.7. The van der Waals surface area contributed by atoms with Crippen LogP contribution in [0.4, 0.5) is 5.69 Å². The molecule has 7 heteroatoms. The number of aromatic nitrogens is 2. The number of carbonyl (C=O) groups is 1. The van der Waals surface area contributed by atoms with Gasteiger partial charge in [0.05, 0.1) is 29.0 Å². The van der Waals surface area contributed by atoms with Crippen molar-refractivity contribution in [1.82, 2.24) is 9.55 Å². The van der Waals surface area contributed by atoms with Gasteiger partial charge in [-0.1, -0.05) is 13.0 Å². The van der Waals surface area contributed by atoms with Crippen molar-refractivity contribution in [3.63, 3.8) is 0 Å². The zero-order valence-electron chi connectivity index (χ0n) is 17.8. The summed E-state index contributed by atoms with van der Waals surface area (Å²) in [6.45, 7) is 5.07. The monoisotopic (exact) mass is 417 g/mol. The van der Waals surface area contributed by atoms with E-state index in [9.17, 15) is 14.7 Å². The number of likely N-dealkylation sites (N-methyl/N-ethyl adjacent to an activating group) is 1. The maximum atomic E-state index is 13.4. The Morgan fingerprint density at radius 3 is 2.81 bits per heavy atom. The smallest absolute Gasteiger partial charge is 0.343 e. The highest BCUT2D eigenvalue weighted by Crippen LogP contribution is 2.44. The van der Waals surface area contributed by atoms with Crippen LogP contribution in [0.2, 0.25) is 0 Å². The lowest BCUT2D eigenvalue weighted by atomic mass is 9.86. The zero-order valence-corrected chi connectivity index (χ0v) is 17.8. The number of fused-ring (bicyclic) bond motifs is 5. The van der Waals surface area contributed by atoms with Crippen molar-refractivity contribution in [3.05, 3.63) is 56.4 Å². The Morgan fingerprint density at radius 1 is 1.23 bits per heavy atom. The van der Waals surface area contributed by atoms with Crippen molar-refractivity contribution in [2.45, 2.75) is 45.4 Å². The molecule has 0 aliphatic carbocycles. The number of aryl methyl sites for hydroxylation is 1. The second-order valence-corrected chi connectivity index (χ2v) is 8.82. The van der Waals surface area contributed by atoms with Gasteiger partial charge in [-0.3, -0.25) is 4.79 Å². The molecule has 0 bridgehead atoms. The maximum Gasteiger partial charge on any atom is 0.343 e. The molecule has 2 aromatic heterocycles. The molecule has 158 valence electrons. The number of pyridine rings is 2. The number of nitrogens with zero attached hydrogens (tertiary/aromatic N) is 3. The molecule has 3 aliphatic rings. The largest absolute Gasteiger partial charge is 0.458 e. The fraction of sp³-hybridized carbons (Fsp3) is 0.375. The molecule has 0 amide bonds. The SMILES string of the molecule is CCC1(O)C(=O)OCc2c1cc1n(c2=O)Cc2c-1nc1ccc(C)c3c1c2CCN3C. The van der Waals surface area contributed by atoms with E-state index in [1.165, 1.54) is 22.2 Å². The highest BCUT2D eigenvalue weighted by molar-refractivity contribution is 6.00. The fourth-order valence-corrected chi connectivity index (χ4v) is 5.51. The molecule has 1 aromatic carbocycles. The molecule has 1 N–H and O–H groups in total. The summed E-state index contributed by atoms with van der Waals surface area (Å²) in [7, 11) is 2.10. The number of aliphatic hydroxyl groups is 1. The topological polar surface area (TPSA) is 84.7 Å². The number of anilines is 1. The number of esters is 1. The zero-order chi connectivity index (χ0) is 21.7. The standard InChI is InChI=1S/C24H23N3O4/c1-4-24(30)16-9-18-20-14(10-27(18)22(28)15(16)11-31-23(24)29)13-7-8-26(3)21-12(2)5-6-17(25-20)19(13)21/h5-6,9,30H,4,7-8,10-11H2,1-3H3. The van der Waals surface area contributed by atoms with Gasteiger partial charge in [0.2, 0.25) is 0 Å². The second-order valence-electron chi connectivity index (χ2n) is 8.82. The lowest BCUT2D eigenvalue weighted by molar-refractivity contribution is -0.172. The molecular weight excluding hydrogens is 394 g/mol. The van der Waals surface area contributed by atoms with Crippen molar-refractivity contribution in [2.75, 3.05) is 18.5 Å². The molecule has 1 atom stereocenters. The highest BCUT2D eigenvalue weighted by Gasteiger charge is 2.45. The molecular formula is C24H23N3O4. The molecule has 5 heterocycles. The van der Waals surface area contributed by atoms with Crippen LogP contribution in [0.15, 0.2) is 23.0 Å². The molecule has 0 radical (unpaired) electrons. The Bertz CT molecular complexity index is 1390. The van der Waals surface area contributed by atoms with Crippen LogP contribution in [0.3, 0.4) is 0 Å². The molecule has 0 saturated heterocycles. The molecule has 7 nitrogen and oxygen atoms in total. The van der Waals surface area contributed by atoms with Gasteiger partial charge in [-0.25, -0.2) is 9.78 Å². The number of benzene rings is 1. The van der Waals surface area contributed by atoms with Crippen molar-refractivity contribution in [1.29, 1.82) is 0 Å². The fourth-order valence-electron chi connectivity index (χ4n) is 5.51. The van der Waals surface area contributed by atoms with Gasteiger partial charge >= 0.3 is 5.97 Å². The van der Waals surface area contributed by atoms with E-state index in [2.05, 4.69) is 24.9 Å². The molecule has 1 unspecified atom stereocenters. The van der Waals surface area contributed by atoms with Crippen LogP contribution in [0.25, 0.3) is 22.3 Å². The molecule has 0 spiro atoms. The van der Waals surface area contributed by atoms with Gasteiger partial charge in [0.25, 0.3) is 5.56 Å². The summed E-state index contributed by atoms with van der Waals surface area (Å²) in [6, 6.07) is 5.90. The van der Waals surface area contributed by atoms with E-state index in [1.54, 1.807) is 17.6 Å². The van der Waals surface area contributed by atoms with Gasteiger partial charge in [0, 0.05) is 35.8 Å². The summed E-state index contributed by atoms with van der Waals surface area (Å²) >= 11 is 0. The van der Waals surface area contributed by atoms with E-state index in [0.29, 0.717) is 23.4 Å². The minimum atomic E-state index is -1.80. The summed E-state index contributed by atoms with van der Waals surface area (Å²) in [5.41, 5.74) is 5.78. The van der Waals surface area contributed by atoms with Crippen LogP contribution < -0.4 is 10.5 Å². The third kappa shape index (κ3) is 2.19. The minimum absolute atomic E-state index is 0.109. The van der Waals surface area contributed by atoms with Crippen molar-refractivity contribution in [2.24, 2.45) is 0 Å². The third-order valence-corrected chi connectivity index (χ3v) is 7.22. The Kier molecular flexibility index (Phi) is 3.56. The van der Waals surface area contributed by atoms with Crippen LogP contribution in [0.5, 0.6) is 0 Å². The lowest BCUT2D eigenvalue weighted by Gasteiger charge is -2.31. The Labute approximate surface area is 178 Å². The van der Waals surface area contributed by atoms with E-state index in [1.807, 2.05) is 6.07 Å². The van der Waals surface area contributed by atoms with E-state index in [0.717, 1.165) is 29.7 Å². The number of hydrogen-bond donors (Lipinski definition) is 1. The Balaban J connectivity index is 1.67. The van der Waals surface area contributed by atoms with Crippen LogP contribution in [0, 0.1) is 6.92 Å². The van der Waals surface area contributed by atoms with Gasteiger partial charge in [-0.15, -0.1) is 0 Å². The normalized spacial score (nSPS) is 21.0. The molecule has 3 aromatic rings. The number of rotatable bonds is 1. The average molecular weight is 417 g/mol. The number of ether oxygens (including phenoxy) is 1. The van der Waals surface area contributed by atoms with Crippen LogP contribution in [0.1, 0.15) is 41.2 Å². The van der Waals surface area contributed by atoms with Gasteiger partial charge in [-0.05, 0) is 43.0 Å². The number of cyclic esters (lactones) is 1. The second kappa shape index (κ2) is 5.95. The quantitative estimate of drug-likeness (QED) is 0.479. The summed E-state index contributed by atoms with van der Waals surface area (Å²) in [5, 5.41) is 12.2. The van der Waals surface area contributed by atoms with E-state index < -0.39 is 11.6 Å². The molecule has 3 aliphatic heterocycles. The Morgan fingerprint density at radius 2 is 2.03 bits per heavy atom. The van der Waals surface area contributed by atoms with Crippen molar-refractivity contribution in [3.8, 4) is 11.4 Å². The van der Waals surface area contributed by atoms with Crippen LogP contribution in [-0.4, -0.2) is 34.2 Å². The average Bonchev–Trinajstić information content (AvgIpc) is 3.13. The minimum Gasteiger partial charge on any atom is -0.458 e. The first kappa shape index (κ1) is 18.6. The van der Waals surface area contributed by atoms with Crippen molar-refractivity contribution < 1.29 is 14.6 Å². The van der Waals surface area contributed by atoms with Gasteiger partial charge in [0.15, 0.2) is 5.60 Å².